The van der Waals surface area contributed by atoms with Crippen molar-refractivity contribution in [3.05, 3.63) is 29.8 Å². The molecule has 0 fully saturated rings. The molecule has 0 saturated carbocycles. The largest absolute Gasteiger partial charge is 0.452 e. The summed E-state index contributed by atoms with van der Waals surface area (Å²) in [6, 6.07) is 6.92. The summed E-state index contributed by atoms with van der Waals surface area (Å²) in [4.78, 5) is 37.7. The first-order valence-corrected chi connectivity index (χ1v) is 8.72. The molecule has 0 radical (unpaired) electrons. The number of benzene rings is 1. The summed E-state index contributed by atoms with van der Waals surface area (Å²) in [5.74, 6) is -0.720. The molecule has 0 spiro atoms. The van der Waals surface area contributed by atoms with E-state index in [1.807, 2.05) is 13.8 Å². The van der Waals surface area contributed by atoms with Crippen LogP contribution in [-0.2, 0) is 14.3 Å². The van der Waals surface area contributed by atoms with Gasteiger partial charge in [0.1, 0.15) is 0 Å². The molecule has 132 valence electrons. The van der Waals surface area contributed by atoms with Gasteiger partial charge in [0.25, 0.3) is 5.91 Å². The summed E-state index contributed by atoms with van der Waals surface area (Å²) < 4.78 is 5.07. The third-order valence-electron chi connectivity index (χ3n) is 3.31. The Morgan fingerprint density at radius 2 is 1.92 bits per heavy atom. The Morgan fingerprint density at radius 1 is 1.25 bits per heavy atom. The summed E-state index contributed by atoms with van der Waals surface area (Å²) in [6.45, 7) is 3.52. The van der Waals surface area contributed by atoms with Crippen LogP contribution in [-0.4, -0.2) is 55.2 Å². The third-order valence-corrected chi connectivity index (χ3v) is 4.37. The van der Waals surface area contributed by atoms with Crippen molar-refractivity contribution in [3.63, 3.8) is 0 Å². The summed E-state index contributed by atoms with van der Waals surface area (Å²) >= 11 is 1.27. The fourth-order valence-electron chi connectivity index (χ4n) is 1.66. The molecule has 1 atom stereocenters. The van der Waals surface area contributed by atoms with Crippen LogP contribution in [0.4, 0.5) is 0 Å². The molecule has 6 nitrogen and oxygen atoms in total. The lowest BCUT2D eigenvalue weighted by Gasteiger charge is -2.13. The predicted octanol–water partition coefficient (Wildman–Crippen LogP) is 1.94. The van der Waals surface area contributed by atoms with Crippen molar-refractivity contribution in [1.29, 1.82) is 0 Å². The maximum atomic E-state index is 12.2. The number of esters is 1. The molecule has 1 rings (SSSR count). The molecule has 24 heavy (non-hydrogen) atoms. The van der Waals surface area contributed by atoms with Crippen molar-refractivity contribution in [3.8, 4) is 0 Å². The predicted molar refractivity (Wildman–Crippen MR) is 94.0 cm³/mol. The standard InChI is InChI=1S/C17H24N2O4S/c1-5-12(2)18-15(20)10-23-17(22)13-8-6-7-9-14(13)24-11-16(21)19(3)4/h6-9,12H,5,10-11H2,1-4H3,(H,18,20)/t12-/m0/s1. The van der Waals surface area contributed by atoms with E-state index in [1.165, 1.54) is 16.7 Å². The minimum absolute atomic E-state index is 0.0380. The molecule has 7 heteroatoms. The normalized spacial score (nSPS) is 11.5. The van der Waals surface area contributed by atoms with E-state index >= 15 is 0 Å². The highest BCUT2D eigenvalue weighted by Gasteiger charge is 2.16. The lowest BCUT2D eigenvalue weighted by molar-refractivity contribution is -0.126. The quantitative estimate of drug-likeness (QED) is 0.572. The lowest BCUT2D eigenvalue weighted by atomic mass is 10.2. The number of rotatable bonds is 8. The Hall–Kier alpha value is -2.02. The van der Waals surface area contributed by atoms with E-state index in [2.05, 4.69) is 5.32 Å². The number of nitrogens with one attached hydrogen (secondary N) is 1. The number of thioether (sulfide) groups is 1. The lowest BCUT2D eigenvalue weighted by Crippen LogP contribution is -2.35. The minimum Gasteiger partial charge on any atom is -0.452 e. The Balaban J connectivity index is 2.64. The van der Waals surface area contributed by atoms with Crippen LogP contribution in [0.15, 0.2) is 29.2 Å². The van der Waals surface area contributed by atoms with Gasteiger partial charge in [-0.2, -0.15) is 0 Å². The first-order chi connectivity index (χ1) is 11.3. The first kappa shape index (κ1) is 20.0. The van der Waals surface area contributed by atoms with Crippen LogP contribution in [0.5, 0.6) is 0 Å². The van der Waals surface area contributed by atoms with Crippen LogP contribution in [0.1, 0.15) is 30.6 Å². The Morgan fingerprint density at radius 3 is 2.54 bits per heavy atom. The van der Waals surface area contributed by atoms with Gasteiger partial charge in [-0.15, -0.1) is 11.8 Å². The first-order valence-electron chi connectivity index (χ1n) is 7.73. The van der Waals surface area contributed by atoms with Gasteiger partial charge in [0, 0.05) is 25.0 Å². The fraction of sp³-hybridized carbons (Fsp3) is 0.471. The molecule has 0 unspecified atom stereocenters. The summed E-state index contributed by atoms with van der Waals surface area (Å²) in [5, 5.41) is 2.73. The zero-order valence-corrected chi connectivity index (χ0v) is 15.3. The Labute approximate surface area is 146 Å². The second-order valence-corrected chi connectivity index (χ2v) is 6.54. The molecular formula is C17H24N2O4S. The average molecular weight is 352 g/mol. The van der Waals surface area contributed by atoms with Crippen LogP contribution >= 0.6 is 11.8 Å². The summed E-state index contributed by atoms with van der Waals surface area (Å²) in [6.07, 6.45) is 0.805. The molecule has 1 N–H and O–H groups in total. The molecule has 0 aliphatic rings. The molecule has 0 aromatic heterocycles. The molecule has 0 heterocycles. The molecule has 1 aromatic rings. The van der Waals surface area contributed by atoms with Crippen LogP contribution in [0.2, 0.25) is 0 Å². The van der Waals surface area contributed by atoms with Crippen molar-refractivity contribution in [2.75, 3.05) is 26.5 Å². The highest BCUT2D eigenvalue weighted by Crippen LogP contribution is 2.23. The van der Waals surface area contributed by atoms with E-state index in [9.17, 15) is 14.4 Å². The zero-order valence-electron chi connectivity index (χ0n) is 14.5. The molecule has 0 aliphatic heterocycles. The van der Waals surface area contributed by atoms with Gasteiger partial charge in [0.05, 0.1) is 11.3 Å². The van der Waals surface area contributed by atoms with Gasteiger partial charge in [0.15, 0.2) is 6.61 Å². The molecule has 1 aromatic carbocycles. The number of nitrogens with zero attached hydrogens (tertiary/aromatic N) is 1. The van der Waals surface area contributed by atoms with Crippen molar-refractivity contribution >= 4 is 29.5 Å². The molecule has 0 bridgehead atoms. The second kappa shape index (κ2) is 9.97. The Bertz CT molecular complexity index is 590. The second-order valence-electron chi connectivity index (χ2n) is 5.53. The van der Waals surface area contributed by atoms with Gasteiger partial charge in [-0.1, -0.05) is 19.1 Å². The molecule has 0 saturated heterocycles. The highest BCUT2D eigenvalue weighted by molar-refractivity contribution is 8.00. The number of carbonyl (C=O) groups is 3. The molecular weight excluding hydrogens is 328 g/mol. The minimum atomic E-state index is -0.574. The van der Waals surface area contributed by atoms with Crippen molar-refractivity contribution < 1.29 is 19.1 Å². The van der Waals surface area contributed by atoms with Crippen LogP contribution in [0.3, 0.4) is 0 Å². The van der Waals surface area contributed by atoms with Crippen molar-refractivity contribution in [2.45, 2.75) is 31.2 Å². The SMILES string of the molecule is CC[C@H](C)NC(=O)COC(=O)c1ccccc1SCC(=O)N(C)C. The maximum Gasteiger partial charge on any atom is 0.339 e. The number of carbonyl (C=O) groups excluding carboxylic acids is 3. The van der Waals surface area contributed by atoms with Gasteiger partial charge >= 0.3 is 5.97 Å². The third kappa shape index (κ3) is 6.62. The van der Waals surface area contributed by atoms with Crippen molar-refractivity contribution in [1.82, 2.24) is 10.2 Å². The van der Waals surface area contributed by atoms with Crippen LogP contribution in [0.25, 0.3) is 0 Å². The average Bonchev–Trinajstić information content (AvgIpc) is 2.57. The number of hydrogen-bond donors (Lipinski definition) is 1. The molecule has 0 aliphatic carbocycles. The smallest absolute Gasteiger partial charge is 0.339 e. The van der Waals surface area contributed by atoms with Gasteiger partial charge in [-0.3, -0.25) is 9.59 Å². The highest BCUT2D eigenvalue weighted by atomic mass is 32.2. The van der Waals surface area contributed by atoms with E-state index < -0.39 is 5.97 Å². The fourth-order valence-corrected chi connectivity index (χ4v) is 2.68. The summed E-state index contributed by atoms with van der Waals surface area (Å²) in [7, 11) is 3.36. The maximum absolute atomic E-state index is 12.2. The van der Waals surface area contributed by atoms with E-state index in [1.54, 1.807) is 38.4 Å². The van der Waals surface area contributed by atoms with Gasteiger partial charge < -0.3 is 15.0 Å². The van der Waals surface area contributed by atoms with Crippen LogP contribution < -0.4 is 5.32 Å². The Kier molecular flexibility index (Phi) is 8.32. The topological polar surface area (TPSA) is 75.7 Å². The van der Waals surface area contributed by atoms with Crippen LogP contribution in [0, 0.1) is 0 Å². The van der Waals surface area contributed by atoms with Gasteiger partial charge in [0.2, 0.25) is 5.91 Å². The number of amides is 2. The summed E-state index contributed by atoms with van der Waals surface area (Å²) in [5.41, 5.74) is 0.352. The monoisotopic (exact) mass is 352 g/mol. The van der Waals surface area contributed by atoms with E-state index in [0.29, 0.717) is 10.5 Å². The van der Waals surface area contributed by atoms with Gasteiger partial charge in [-0.05, 0) is 25.5 Å². The van der Waals surface area contributed by atoms with Crippen molar-refractivity contribution in [2.24, 2.45) is 0 Å². The molecule has 2 amide bonds. The number of ether oxygens (including phenoxy) is 1. The van der Waals surface area contributed by atoms with Gasteiger partial charge in [-0.25, -0.2) is 4.79 Å². The number of hydrogen-bond acceptors (Lipinski definition) is 5. The zero-order chi connectivity index (χ0) is 18.1. The van der Waals surface area contributed by atoms with E-state index in [4.69, 9.17) is 4.74 Å². The van der Waals surface area contributed by atoms with E-state index in [-0.39, 0.29) is 30.2 Å². The van der Waals surface area contributed by atoms with E-state index in [0.717, 1.165) is 6.42 Å².